The van der Waals surface area contributed by atoms with Crippen LogP contribution in [0.3, 0.4) is 0 Å². The maximum atomic E-state index is 12.1. The van der Waals surface area contributed by atoms with Gasteiger partial charge in [-0.15, -0.1) is 0 Å². The summed E-state index contributed by atoms with van der Waals surface area (Å²) in [4.78, 5) is 19.0. The predicted octanol–water partition coefficient (Wildman–Crippen LogP) is 2.50. The molecule has 0 aromatic heterocycles. The van der Waals surface area contributed by atoms with Crippen LogP contribution in [-0.4, -0.2) is 78.3 Å². The van der Waals surface area contributed by atoms with Gasteiger partial charge in [0.2, 0.25) is 5.91 Å². The fraction of sp³-hybridized carbons (Fsp3) is 0.696. The van der Waals surface area contributed by atoms with Gasteiger partial charge in [0.05, 0.1) is 12.7 Å². The van der Waals surface area contributed by atoms with Gasteiger partial charge >= 0.3 is 0 Å². The molecule has 0 spiro atoms. The van der Waals surface area contributed by atoms with Crippen LogP contribution in [0, 0.1) is 0 Å². The van der Waals surface area contributed by atoms with Gasteiger partial charge in [-0.05, 0) is 56.4 Å². The summed E-state index contributed by atoms with van der Waals surface area (Å²) in [6, 6.07) is 8.91. The number of nitrogens with zero attached hydrogens (tertiary/aromatic N) is 3. The predicted molar refractivity (Wildman–Crippen MR) is 114 cm³/mol. The van der Waals surface area contributed by atoms with Crippen molar-refractivity contribution < 1.29 is 14.6 Å². The monoisotopic (exact) mass is 401 g/mol. The summed E-state index contributed by atoms with van der Waals surface area (Å²) in [5.41, 5.74) is 0.556. The SMILES string of the molecule is COc1ccc(N2CCC(O)(CN3CC[C@H]4[C@@H]3CCCCN4C(C)=O)CC2)cc1. The Morgan fingerprint density at radius 3 is 2.45 bits per heavy atom. The third kappa shape index (κ3) is 4.38. The number of β-amino-alcohol motifs (C(OH)–C–C–N with tert-alkyl or cyclic N) is 1. The van der Waals surface area contributed by atoms with E-state index < -0.39 is 5.60 Å². The zero-order chi connectivity index (χ0) is 20.4. The maximum Gasteiger partial charge on any atom is 0.219 e. The van der Waals surface area contributed by atoms with Crippen molar-refractivity contribution in [3.63, 3.8) is 0 Å². The van der Waals surface area contributed by atoms with Gasteiger partial charge in [-0.25, -0.2) is 0 Å². The largest absolute Gasteiger partial charge is 0.497 e. The highest BCUT2D eigenvalue weighted by Gasteiger charge is 2.43. The van der Waals surface area contributed by atoms with E-state index in [2.05, 4.69) is 26.8 Å². The first-order valence-electron chi connectivity index (χ1n) is 11.1. The second-order valence-corrected chi connectivity index (χ2v) is 9.01. The number of likely N-dealkylation sites (tertiary alicyclic amines) is 2. The van der Waals surface area contributed by atoms with E-state index in [0.29, 0.717) is 12.1 Å². The molecular weight excluding hydrogens is 366 g/mol. The van der Waals surface area contributed by atoms with Crippen molar-refractivity contribution in [2.24, 2.45) is 0 Å². The third-order valence-electron chi connectivity index (χ3n) is 7.21. The van der Waals surface area contributed by atoms with Gasteiger partial charge < -0.3 is 19.6 Å². The minimum atomic E-state index is -0.634. The summed E-state index contributed by atoms with van der Waals surface area (Å²) < 4.78 is 5.25. The number of rotatable bonds is 4. The number of ether oxygens (including phenoxy) is 1. The Morgan fingerprint density at radius 2 is 1.79 bits per heavy atom. The Bertz CT molecular complexity index is 700. The van der Waals surface area contributed by atoms with Gasteiger partial charge in [-0.1, -0.05) is 6.42 Å². The van der Waals surface area contributed by atoms with E-state index in [1.54, 1.807) is 14.0 Å². The first-order valence-corrected chi connectivity index (χ1v) is 11.1. The first-order chi connectivity index (χ1) is 14.0. The highest BCUT2D eigenvalue weighted by atomic mass is 16.5. The standard InChI is InChI=1S/C23H35N3O3/c1-18(27)26-13-4-3-5-21-22(26)10-14-25(21)17-23(28)11-15-24(16-12-23)19-6-8-20(29-2)9-7-19/h6-9,21-22,28H,3-5,10-17H2,1-2H3/t21-,22-/m0/s1. The summed E-state index contributed by atoms with van der Waals surface area (Å²) in [7, 11) is 1.68. The number of carbonyl (C=O) groups is 1. The average molecular weight is 402 g/mol. The summed E-state index contributed by atoms with van der Waals surface area (Å²) in [6.45, 7) is 6.05. The second kappa shape index (κ2) is 8.52. The molecule has 0 radical (unpaired) electrons. The average Bonchev–Trinajstić information content (AvgIpc) is 2.97. The van der Waals surface area contributed by atoms with Crippen molar-refractivity contribution in [2.75, 3.05) is 44.7 Å². The van der Waals surface area contributed by atoms with Crippen molar-refractivity contribution in [2.45, 2.75) is 63.1 Å². The molecule has 1 aromatic carbocycles. The number of methoxy groups -OCH3 is 1. The molecule has 1 amide bonds. The Morgan fingerprint density at radius 1 is 1.07 bits per heavy atom. The Kier molecular flexibility index (Phi) is 6.02. The fourth-order valence-electron chi connectivity index (χ4n) is 5.54. The van der Waals surface area contributed by atoms with Crippen molar-refractivity contribution in [3.05, 3.63) is 24.3 Å². The van der Waals surface area contributed by atoms with Crippen LogP contribution in [0.25, 0.3) is 0 Å². The number of aliphatic hydroxyl groups is 1. The lowest BCUT2D eigenvalue weighted by atomic mass is 9.90. The smallest absolute Gasteiger partial charge is 0.219 e. The van der Waals surface area contributed by atoms with E-state index in [1.165, 1.54) is 12.1 Å². The molecule has 1 N–H and O–H groups in total. The van der Waals surface area contributed by atoms with Gasteiger partial charge in [0, 0.05) is 57.4 Å². The molecule has 0 aliphatic carbocycles. The molecule has 2 atom stereocenters. The van der Waals surface area contributed by atoms with Gasteiger partial charge in [0.25, 0.3) is 0 Å². The van der Waals surface area contributed by atoms with Gasteiger partial charge in [-0.3, -0.25) is 9.69 Å². The molecule has 160 valence electrons. The number of piperidine rings is 1. The molecule has 29 heavy (non-hydrogen) atoms. The molecule has 3 aliphatic rings. The fourth-order valence-corrected chi connectivity index (χ4v) is 5.54. The summed E-state index contributed by atoms with van der Waals surface area (Å²) in [6.07, 6.45) is 6.01. The molecule has 4 rings (SSSR count). The lowest BCUT2D eigenvalue weighted by Crippen LogP contribution is -2.53. The van der Waals surface area contributed by atoms with Gasteiger partial charge in [-0.2, -0.15) is 0 Å². The molecule has 1 aromatic rings. The molecule has 0 unspecified atom stereocenters. The van der Waals surface area contributed by atoms with E-state index in [4.69, 9.17) is 4.74 Å². The zero-order valence-corrected chi connectivity index (χ0v) is 17.8. The Balaban J connectivity index is 1.36. The molecule has 3 heterocycles. The molecule has 6 heteroatoms. The molecule has 3 fully saturated rings. The zero-order valence-electron chi connectivity index (χ0n) is 17.8. The lowest BCUT2D eigenvalue weighted by molar-refractivity contribution is -0.131. The van der Waals surface area contributed by atoms with Crippen LogP contribution in [0.15, 0.2) is 24.3 Å². The Labute approximate surface area is 174 Å². The third-order valence-corrected chi connectivity index (χ3v) is 7.21. The van der Waals surface area contributed by atoms with Crippen LogP contribution in [0.1, 0.15) is 45.4 Å². The van der Waals surface area contributed by atoms with Crippen molar-refractivity contribution in [3.8, 4) is 5.75 Å². The van der Waals surface area contributed by atoms with E-state index >= 15 is 0 Å². The number of anilines is 1. The number of hydrogen-bond donors (Lipinski definition) is 1. The van der Waals surface area contributed by atoms with Crippen LogP contribution in [0.5, 0.6) is 5.75 Å². The highest BCUT2D eigenvalue weighted by Crippen LogP contribution is 2.34. The topological polar surface area (TPSA) is 56.3 Å². The maximum absolute atomic E-state index is 12.1. The van der Waals surface area contributed by atoms with Crippen LogP contribution in [0.4, 0.5) is 5.69 Å². The Hall–Kier alpha value is -1.79. The van der Waals surface area contributed by atoms with Crippen molar-refractivity contribution in [1.29, 1.82) is 0 Å². The lowest BCUT2D eigenvalue weighted by Gasteiger charge is -2.43. The molecule has 6 nitrogen and oxygen atoms in total. The summed E-state index contributed by atoms with van der Waals surface area (Å²) in [5, 5.41) is 11.3. The number of fused-ring (bicyclic) bond motifs is 1. The van der Waals surface area contributed by atoms with E-state index in [1.807, 2.05) is 12.1 Å². The number of benzene rings is 1. The molecule has 0 saturated carbocycles. The highest BCUT2D eigenvalue weighted by molar-refractivity contribution is 5.73. The van der Waals surface area contributed by atoms with E-state index in [0.717, 1.165) is 70.6 Å². The normalized spacial score (nSPS) is 27.4. The van der Waals surface area contributed by atoms with E-state index in [-0.39, 0.29) is 5.91 Å². The van der Waals surface area contributed by atoms with Gasteiger partial charge in [0.1, 0.15) is 5.75 Å². The first kappa shape index (κ1) is 20.5. The summed E-state index contributed by atoms with van der Waals surface area (Å²) >= 11 is 0. The molecular formula is C23H35N3O3. The minimum absolute atomic E-state index is 0.204. The molecule has 3 saturated heterocycles. The molecule has 3 aliphatic heterocycles. The molecule has 0 bridgehead atoms. The van der Waals surface area contributed by atoms with E-state index in [9.17, 15) is 9.90 Å². The van der Waals surface area contributed by atoms with Gasteiger partial charge in [0.15, 0.2) is 0 Å². The quantitative estimate of drug-likeness (QED) is 0.840. The van der Waals surface area contributed by atoms with Crippen molar-refractivity contribution in [1.82, 2.24) is 9.80 Å². The number of carbonyl (C=O) groups excluding carboxylic acids is 1. The number of amides is 1. The summed E-state index contributed by atoms with van der Waals surface area (Å²) in [5.74, 6) is 1.07. The number of hydrogen-bond acceptors (Lipinski definition) is 5. The second-order valence-electron chi connectivity index (χ2n) is 9.01. The van der Waals surface area contributed by atoms with Crippen LogP contribution in [0.2, 0.25) is 0 Å². The van der Waals surface area contributed by atoms with Crippen LogP contribution < -0.4 is 9.64 Å². The van der Waals surface area contributed by atoms with Crippen molar-refractivity contribution >= 4 is 11.6 Å². The minimum Gasteiger partial charge on any atom is -0.497 e. The van der Waals surface area contributed by atoms with Crippen LogP contribution in [-0.2, 0) is 4.79 Å². The van der Waals surface area contributed by atoms with Crippen LogP contribution >= 0.6 is 0 Å².